The van der Waals surface area contributed by atoms with Crippen molar-refractivity contribution >= 4 is 27.6 Å². The van der Waals surface area contributed by atoms with Crippen molar-refractivity contribution in [3.05, 3.63) is 0 Å². The van der Waals surface area contributed by atoms with Gasteiger partial charge in [-0.25, -0.2) is 0 Å². The number of carbonyl (C=O) groups excluding carboxylic acids is 2. The molecular weight excluding hydrogens is 234 g/mol. The highest BCUT2D eigenvalue weighted by Crippen LogP contribution is 2.08. The topological polar surface area (TPSA) is 46.2 Å². The number of Topliss-reactive ketones (excluding diaryl/α,β-unsaturated/α-hetero) is 1. The van der Waals surface area contributed by atoms with E-state index in [9.17, 15) is 9.59 Å². The van der Waals surface area contributed by atoms with Gasteiger partial charge in [0.2, 0.25) is 5.91 Å². The molecule has 1 unspecified atom stereocenters. The van der Waals surface area contributed by atoms with Crippen molar-refractivity contribution < 1.29 is 9.59 Å². The second kappa shape index (κ2) is 7.06. The van der Waals surface area contributed by atoms with E-state index in [-0.39, 0.29) is 17.6 Å². The Morgan fingerprint density at radius 3 is 2.46 bits per heavy atom. The van der Waals surface area contributed by atoms with E-state index in [1.165, 1.54) is 6.92 Å². The summed E-state index contributed by atoms with van der Waals surface area (Å²) in [5.74, 6) is 0.0485. The van der Waals surface area contributed by atoms with Crippen LogP contribution in [0.5, 0.6) is 0 Å². The molecular formula is C9H16BrNO2. The van der Waals surface area contributed by atoms with Gasteiger partial charge in [0, 0.05) is 19.4 Å². The van der Waals surface area contributed by atoms with E-state index in [1.807, 2.05) is 6.92 Å². The van der Waals surface area contributed by atoms with Gasteiger partial charge in [0.15, 0.2) is 0 Å². The van der Waals surface area contributed by atoms with Crippen molar-refractivity contribution in [1.29, 1.82) is 0 Å². The normalized spacial score (nSPS) is 12.2. The fourth-order valence-corrected chi connectivity index (χ4v) is 1.56. The first kappa shape index (κ1) is 12.6. The number of amides is 1. The van der Waals surface area contributed by atoms with Gasteiger partial charge in [0.25, 0.3) is 0 Å². The Labute approximate surface area is 87.4 Å². The van der Waals surface area contributed by atoms with Crippen molar-refractivity contribution in [2.45, 2.75) is 26.7 Å². The van der Waals surface area contributed by atoms with Crippen LogP contribution < -0.4 is 5.32 Å². The Balaban J connectivity index is 3.93. The number of rotatable bonds is 6. The molecule has 0 bridgehead atoms. The zero-order valence-electron chi connectivity index (χ0n) is 8.10. The van der Waals surface area contributed by atoms with Gasteiger partial charge in [0.05, 0.1) is 5.33 Å². The van der Waals surface area contributed by atoms with Crippen molar-refractivity contribution in [2.75, 3.05) is 11.9 Å². The van der Waals surface area contributed by atoms with E-state index in [0.717, 1.165) is 12.8 Å². The molecule has 0 aliphatic heterocycles. The molecule has 0 heterocycles. The van der Waals surface area contributed by atoms with Crippen molar-refractivity contribution in [3.63, 3.8) is 0 Å². The predicted molar refractivity (Wildman–Crippen MR) is 55.9 cm³/mol. The third-order valence-corrected chi connectivity index (χ3v) is 2.37. The lowest BCUT2D eigenvalue weighted by Gasteiger charge is -2.13. The molecule has 1 amide bonds. The van der Waals surface area contributed by atoms with Crippen LogP contribution in [0.25, 0.3) is 0 Å². The Bertz CT molecular complexity index is 182. The second-order valence-electron chi connectivity index (χ2n) is 3.02. The minimum absolute atomic E-state index is 0.0340. The SMILES string of the molecule is CCCC(CNC(C)=O)C(=O)CBr. The molecule has 1 atom stereocenters. The van der Waals surface area contributed by atoms with Gasteiger partial charge in [-0.1, -0.05) is 29.3 Å². The van der Waals surface area contributed by atoms with E-state index in [4.69, 9.17) is 0 Å². The Kier molecular flexibility index (Phi) is 6.86. The first-order chi connectivity index (χ1) is 6.11. The van der Waals surface area contributed by atoms with Crippen LogP contribution in [0.4, 0.5) is 0 Å². The molecule has 3 nitrogen and oxygen atoms in total. The van der Waals surface area contributed by atoms with E-state index in [2.05, 4.69) is 21.2 Å². The van der Waals surface area contributed by atoms with Gasteiger partial charge in [-0.05, 0) is 6.42 Å². The van der Waals surface area contributed by atoms with E-state index in [1.54, 1.807) is 0 Å². The molecule has 0 saturated heterocycles. The molecule has 0 aromatic heterocycles. The highest BCUT2D eigenvalue weighted by molar-refractivity contribution is 9.09. The summed E-state index contributed by atoms with van der Waals surface area (Å²) in [4.78, 5) is 21.9. The first-order valence-electron chi connectivity index (χ1n) is 4.44. The number of halogens is 1. The second-order valence-corrected chi connectivity index (χ2v) is 3.58. The van der Waals surface area contributed by atoms with Gasteiger partial charge >= 0.3 is 0 Å². The molecule has 0 aliphatic carbocycles. The zero-order valence-corrected chi connectivity index (χ0v) is 9.69. The maximum Gasteiger partial charge on any atom is 0.216 e. The van der Waals surface area contributed by atoms with Crippen LogP contribution in [0.1, 0.15) is 26.7 Å². The number of carbonyl (C=O) groups is 2. The summed E-state index contributed by atoms with van der Waals surface area (Å²) in [5.41, 5.74) is 0. The molecule has 0 radical (unpaired) electrons. The maximum absolute atomic E-state index is 11.3. The van der Waals surface area contributed by atoms with Crippen molar-refractivity contribution in [3.8, 4) is 0 Å². The average molecular weight is 250 g/mol. The quantitative estimate of drug-likeness (QED) is 0.726. The number of hydrogen-bond acceptors (Lipinski definition) is 2. The summed E-state index contributed by atoms with van der Waals surface area (Å²) in [6.45, 7) is 3.96. The van der Waals surface area contributed by atoms with Crippen LogP contribution in [-0.4, -0.2) is 23.6 Å². The lowest BCUT2D eigenvalue weighted by atomic mass is 10.00. The number of ketones is 1. The van der Waals surface area contributed by atoms with Crippen LogP contribution in [0.2, 0.25) is 0 Å². The fraction of sp³-hybridized carbons (Fsp3) is 0.778. The van der Waals surface area contributed by atoms with Crippen LogP contribution in [0.3, 0.4) is 0 Å². The summed E-state index contributed by atoms with van der Waals surface area (Å²) < 4.78 is 0. The number of alkyl halides is 1. The molecule has 0 spiro atoms. The molecule has 13 heavy (non-hydrogen) atoms. The van der Waals surface area contributed by atoms with Gasteiger partial charge in [-0.2, -0.15) is 0 Å². The minimum Gasteiger partial charge on any atom is -0.356 e. The van der Waals surface area contributed by atoms with E-state index < -0.39 is 0 Å². The zero-order chi connectivity index (χ0) is 10.3. The van der Waals surface area contributed by atoms with Crippen molar-refractivity contribution in [1.82, 2.24) is 5.32 Å². The lowest BCUT2D eigenvalue weighted by Crippen LogP contribution is -2.31. The van der Waals surface area contributed by atoms with Gasteiger partial charge in [0.1, 0.15) is 5.78 Å². The molecule has 76 valence electrons. The number of hydrogen-bond donors (Lipinski definition) is 1. The monoisotopic (exact) mass is 249 g/mol. The first-order valence-corrected chi connectivity index (χ1v) is 5.57. The highest BCUT2D eigenvalue weighted by Gasteiger charge is 2.15. The Hall–Kier alpha value is -0.380. The molecule has 0 aliphatic rings. The van der Waals surface area contributed by atoms with E-state index >= 15 is 0 Å². The lowest BCUT2D eigenvalue weighted by molar-refractivity contribution is -0.121. The highest BCUT2D eigenvalue weighted by atomic mass is 79.9. The largest absolute Gasteiger partial charge is 0.356 e. The van der Waals surface area contributed by atoms with Gasteiger partial charge in [-0.3, -0.25) is 9.59 Å². The molecule has 1 N–H and O–H groups in total. The average Bonchev–Trinajstić information content (AvgIpc) is 2.10. The van der Waals surface area contributed by atoms with Gasteiger partial charge in [-0.15, -0.1) is 0 Å². The minimum atomic E-state index is -0.0801. The summed E-state index contributed by atoms with van der Waals surface area (Å²) in [6.07, 6.45) is 1.80. The van der Waals surface area contributed by atoms with Crippen LogP contribution in [0.15, 0.2) is 0 Å². The van der Waals surface area contributed by atoms with Crippen LogP contribution in [0, 0.1) is 5.92 Å². The van der Waals surface area contributed by atoms with E-state index in [0.29, 0.717) is 11.9 Å². The third-order valence-electron chi connectivity index (χ3n) is 1.82. The molecule has 0 aromatic rings. The molecule has 0 fully saturated rings. The smallest absolute Gasteiger partial charge is 0.216 e. The third kappa shape index (κ3) is 5.80. The maximum atomic E-state index is 11.3. The van der Waals surface area contributed by atoms with Crippen LogP contribution in [-0.2, 0) is 9.59 Å². The van der Waals surface area contributed by atoms with Crippen molar-refractivity contribution in [2.24, 2.45) is 5.92 Å². The van der Waals surface area contributed by atoms with Gasteiger partial charge < -0.3 is 5.32 Å². The molecule has 4 heteroatoms. The van der Waals surface area contributed by atoms with Crippen LogP contribution >= 0.6 is 15.9 Å². The molecule has 0 saturated carbocycles. The molecule has 0 rings (SSSR count). The number of nitrogens with one attached hydrogen (secondary N) is 1. The summed E-state index contributed by atoms with van der Waals surface area (Å²) in [5, 5.41) is 3.04. The summed E-state index contributed by atoms with van der Waals surface area (Å²) in [6, 6.07) is 0. The predicted octanol–water partition coefficient (Wildman–Crippen LogP) is 1.50. The standard InChI is InChI=1S/C9H16BrNO2/c1-3-4-8(9(13)5-10)6-11-7(2)12/h8H,3-6H2,1-2H3,(H,11,12). The fourth-order valence-electron chi connectivity index (χ4n) is 1.10. The summed E-state index contributed by atoms with van der Waals surface area (Å²) in [7, 11) is 0. The Morgan fingerprint density at radius 1 is 1.46 bits per heavy atom. The molecule has 0 aromatic carbocycles. The Morgan fingerprint density at radius 2 is 2.08 bits per heavy atom. The summed E-state index contributed by atoms with van der Waals surface area (Å²) >= 11 is 3.13.